The Bertz CT molecular complexity index is 957. The number of hydrogen-bond acceptors (Lipinski definition) is 5. The van der Waals surface area contributed by atoms with Crippen molar-refractivity contribution in [3.63, 3.8) is 0 Å². The van der Waals surface area contributed by atoms with Crippen molar-refractivity contribution < 1.29 is 24.2 Å². The van der Waals surface area contributed by atoms with Gasteiger partial charge in [0.05, 0.1) is 17.9 Å². The first-order valence-electron chi connectivity index (χ1n) is 9.50. The molecule has 2 N–H and O–H groups in total. The Labute approximate surface area is 179 Å². The van der Waals surface area contributed by atoms with Gasteiger partial charge in [-0.2, -0.15) is 0 Å². The van der Waals surface area contributed by atoms with Crippen LogP contribution in [0.1, 0.15) is 27.6 Å². The molecule has 3 rings (SSSR count). The Morgan fingerprint density at radius 1 is 1.10 bits per heavy atom. The zero-order valence-corrected chi connectivity index (χ0v) is 17.2. The standard InChI is InChI=1S/C21H22ClN3O5/c1-2-30-21(29)25-10-8-24(9-11-25)18-7-6-16(13-17(18)20(27)28)23-19(26)14-4-3-5-15(22)12-14/h3-7,12-13H,2,8-11H2,1H3,(H,23,26)(H,27,28). The first kappa shape index (κ1) is 21.4. The summed E-state index contributed by atoms with van der Waals surface area (Å²) >= 11 is 5.92. The summed E-state index contributed by atoms with van der Waals surface area (Å²) in [5, 5.41) is 12.8. The van der Waals surface area contributed by atoms with Gasteiger partial charge in [-0.25, -0.2) is 9.59 Å². The van der Waals surface area contributed by atoms with Gasteiger partial charge in [0.25, 0.3) is 5.91 Å². The van der Waals surface area contributed by atoms with Gasteiger partial charge >= 0.3 is 12.1 Å². The summed E-state index contributed by atoms with van der Waals surface area (Å²) in [6, 6.07) is 11.2. The number of ether oxygens (including phenoxy) is 1. The van der Waals surface area contributed by atoms with Crippen molar-refractivity contribution in [2.24, 2.45) is 0 Å². The molecular weight excluding hydrogens is 410 g/mol. The Hall–Kier alpha value is -3.26. The second-order valence-electron chi connectivity index (χ2n) is 6.67. The first-order chi connectivity index (χ1) is 14.4. The van der Waals surface area contributed by atoms with E-state index in [0.29, 0.717) is 54.7 Å². The average molecular weight is 432 g/mol. The molecule has 0 saturated carbocycles. The number of rotatable bonds is 5. The number of benzene rings is 2. The molecule has 8 nitrogen and oxygen atoms in total. The average Bonchev–Trinajstić information content (AvgIpc) is 2.74. The van der Waals surface area contributed by atoms with Gasteiger partial charge in [-0.15, -0.1) is 0 Å². The molecule has 9 heteroatoms. The number of carboxylic acids is 1. The number of carbonyl (C=O) groups is 3. The molecule has 1 saturated heterocycles. The van der Waals surface area contributed by atoms with Crippen LogP contribution in [-0.4, -0.2) is 60.8 Å². The Kier molecular flexibility index (Phi) is 6.79. The lowest BCUT2D eigenvalue weighted by Gasteiger charge is -2.36. The Morgan fingerprint density at radius 3 is 2.47 bits per heavy atom. The summed E-state index contributed by atoms with van der Waals surface area (Å²) in [6.07, 6.45) is -0.366. The van der Waals surface area contributed by atoms with Crippen molar-refractivity contribution in [3.8, 4) is 0 Å². The van der Waals surface area contributed by atoms with Gasteiger partial charge in [-0.3, -0.25) is 4.79 Å². The lowest BCUT2D eigenvalue weighted by molar-refractivity contribution is 0.0696. The van der Waals surface area contributed by atoms with E-state index in [-0.39, 0.29) is 17.6 Å². The molecule has 30 heavy (non-hydrogen) atoms. The predicted octanol–water partition coefficient (Wildman–Crippen LogP) is 3.57. The minimum absolute atomic E-state index is 0.0727. The van der Waals surface area contributed by atoms with Crippen LogP contribution in [0.3, 0.4) is 0 Å². The highest BCUT2D eigenvalue weighted by Crippen LogP contribution is 2.26. The van der Waals surface area contributed by atoms with Gasteiger partial charge in [0, 0.05) is 42.5 Å². The minimum Gasteiger partial charge on any atom is -0.478 e. The third-order valence-electron chi connectivity index (χ3n) is 4.72. The number of piperazine rings is 1. The third kappa shape index (κ3) is 5.01. The SMILES string of the molecule is CCOC(=O)N1CCN(c2ccc(NC(=O)c3cccc(Cl)c3)cc2C(=O)O)CC1. The fourth-order valence-electron chi connectivity index (χ4n) is 3.24. The highest BCUT2D eigenvalue weighted by atomic mass is 35.5. The zero-order chi connectivity index (χ0) is 21.7. The number of hydrogen-bond donors (Lipinski definition) is 2. The minimum atomic E-state index is -1.10. The normalized spacial score (nSPS) is 13.7. The van der Waals surface area contributed by atoms with Crippen molar-refractivity contribution in [1.82, 2.24) is 4.90 Å². The fraction of sp³-hybridized carbons (Fsp3) is 0.286. The number of carboxylic acid groups (broad SMARTS) is 1. The van der Waals surface area contributed by atoms with Crippen molar-refractivity contribution in [2.45, 2.75) is 6.92 Å². The quantitative estimate of drug-likeness (QED) is 0.750. The molecule has 1 heterocycles. The summed E-state index contributed by atoms with van der Waals surface area (Å²) in [5.41, 5.74) is 1.35. The summed E-state index contributed by atoms with van der Waals surface area (Å²) < 4.78 is 5.01. The van der Waals surface area contributed by atoms with Crippen LogP contribution in [-0.2, 0) is 4.74 Å². The van der Waals surface area contributed by atoms with Crippen LogP contribution in [0.2, 0.25) is 5.02 Å². The molecular formula is C21H22ClN3O5. The molecule has 2 amide bonds. The van der Waals surface area contributed by atoms with E-state index in [1.807, 2.05) is 4.90 Å². The lowest BCUT2D eigenvalue weighted by Crippen LogP contribution is -2.49. The summed E-state index contributed by atoms with van der Waals surface area (Å²) in [7, 11) is 0. The molecule has 0 atom stereocenters. The van der Waals surface area contributed by atoms with Gasteiger partial charge in [-0.05, 0) is 43.3 Å². The van der Waals surface area contributed by atoms with Crippen molar-refractivity contribution >= 4 is 40.9 Å². The van der Waals surface area contributed by atoms with E-state index in [9.17, 15) is 19.5 Å². The maximum atomic E-state index is 12.4. The van der Waals surface area contributed by atoms with Gasteiger partial charge in [-0.1, -0.05) is 17.7 Å². The molecule has 2 aromatic rings. The van der Waals surface area contributed by atoms with Gasteiger partial charge < -0.3 is 25.0 Å². The summed E-state index contributed by atoms with van der Waals surface area (Å²) in [6.45, 7) is 3.89. The van der Waals surface area contributed by atoms with Gasteiger partial charge in [0.2, 0.25) is 0 Å². The van der Waals surface area contributed by atoms with E-state index in [4.69, 9.17) is 16.3 Å². The van der Waals surface area contributed by atoms with Crippen molar-refractivity contribution in [1.29, 1.82) is 0 Å². The van der Waals surface area contributed by atoms with Crippen LogP contribution < -0.4 is 10.2 Å². The summed E-state index contributed by atoms with van der Waals surface area (Å²) in [5.74, 6) is -1.48. The molecule has 0 aromatic heterocycles. The van der Waals surface area contributed by atoms with Crippen LogP contribution in [0.15, 0.2) is 42.5 Å². The molecule has 0 radical (unpaired) electrons. The van der Waals surface area contributed by atoms with Crippen LogP contribution in [0.25, 0.3) is 0 Å². The molecule has 2 aromatic carbocycles. The molecule has 1 fully saturated rings. The molecule has 0 aliphatic carbocycles. The largest absolute Gasteiger partial charge is 0.478 e. The van der Waals surface area contributed by atoms with Crippen LogP contribution >= 0.6 is 11.6 Å². The van der Waals surface area contributed by atoms with Crippen LogP contribution in [0, 0.1) is 0 Å². The zero-order valence-electron chi connectivity index (χ0n) is 16.4. The van der Waals surface area contributed by atoms with Crippen LogP contribution in [0.5, 0.6) is 0 Å². The van der Waals surface area contributed by atoms with E-state index < -0.39 is 5.97 Å². The van der Waals surface area contributed by atoms with Gasteiger partial charge in [0.15, 0.2) is 0 Å². The predicted molar refractivity (Wildman–Crippen MR) is 114 cm³/mol. The maximum absolute atomic E-state index is 12.4. The number of nitrogens with one attached hydrogen (secondary N) is 1. The lowest BCUT2D eigenvalue weighted by atomic mass is 10.1. The highest BCUT2D eigenvalue weighted by Gasteiger charge is 2.25. The monoisotopic (exact) mass is 431 g/mol. The molecule has 0 unspecified atom stereocenters. The second-order valence-corrected chi connectivity index (χ2v) is 7.11. The number of halogens is 1. The first-order valence-corrected chi connectivity index (χ1v) is 9.87. The van der Waals surface area contributed by atoms with E-state index >= 15 is 0 Å². The number of anilines is 2. The molecule has 0 spiro atoms. The number of nitrogens with zero attached hydrogens (tertiary/aromatic N) is 2. The Morgan fingerprint density at radius 2 is 1.83 bits per heavy atom. The van der Waals surface area contributed by atoms with E-state index in [0.717, 1.165) is 0 Å². The topological polar surface area (TPSA) is 99.2 Å². The van der Waals surface area contributed by atoms with E-state index in [1.165, 1.54) is 12.1 Å². The second kappa shape index (κ2) is 9.49. The number of carbonyl (C=O) groups excluding carboxylic acids is 2. The highest BCUT2D eigenvalue weighted by molar-refractivity contribution is 6.31. The van der Waals surface area contributed by atoms with E-state index in [2.05, 4.69) is 5.32 Å². The molecule has 1 aliphatic rings. The van der Waals surface area contributed by atoms with Gasteiger partial charge in [0.1, 0.15) is 0 Å². The van der Waals surface area contributed by atoms with Crippen LogP contribution in [0.4, 0.5) is 16.2 Å². The maximum Gasteiger partial charge on any atom is 0.409 e. The van der Waals surface area contributed by atoms with Crippen molar-refractivity contribution in [3.05, 3.63) is 58.6 Å². The fourth-order valence-corrected chi connectivity index (χ4v) is 3.43. The molecule has 1 aliphatic heterocycles. The van der Waals surface area contributed by atoms with Crippen molar-refractivity contribution in [2.75, 3.05) is 43.0 Å². The molecule has 0 bridgehead atoms. The smallest absolute Gasteiger partial charge is 0.409 e. The molecule has 158 valence electrons. The third-order valence-corrected chi connectivity index (χ3v) is 4.95. The Balaban J connectivity index is 1.74. The number of amides is 2. The number of aromatic carboxylic acids is 1. The summed E-state index contributed by atoms with van der Waals surface area (Å²) in [4.78, 5) is 39.6. The van der Waals surface area contributed by atoms with E-state index in [1.54, 1.807) is 42.2 Å².